The van der Waals surface area contributed by atoms with Gasteiger partial charge in [-0.15, -0.1) is 0 Å². The maximum atomic E-state index is 10.8. The SMILES string of the molecule is CC(=O)CN(CC=O)C(C)(C)C. The predicted molar refractivity (Wildman–Crippen MR) is 48.1 cm³/mol. The summed E-state index contributed by atoms with van der Waals surface area (Å²) in [6.45, 7) is 8.16. The van der Waals surface area contributed by atoms with Crippen LogP contribution in [-0.4, -0.2) is 35.6 Å². The molecule has 0 amide bonds. The van der Waals surface area contributed by atoms with Crippen molar-refractivity contribution in [3.05, 3.63) is 0 Å². The molecule has 0 radical (unpaired) electrons. The molecule has 0 aromatic rings. The molecule has 0 fully saturated rings. The van der Waals surface area contributed by atoms with Gasteiger partial charge in [0.2, 0.25) is 0 Å². The van der Waals surface area contributed by atoms with Gasteiger partial charge < -0.3 is 4.79 Å². The van der Waals surface area contributed by atoms with Crippen molar-refractivity contribution in [3.8, 4) is 0 Å². The lowest BCUT2D eigenvalue weighted by molar-refractivity contribution is -0.120. The summed E-state index contributed by atoms with van der Waals surface area (Å²) in [6, 6.07) is 0. The highest BCUT2D eigenvalue weighted by Crippen LogP contribution is 2.11. The normalized spacial score (nSPS) is 11.8. The fraction of sp³-hybridized carbons (Fsp3) is 0.778. The molecule has 0 rings (SSSR count). The zero-order valence-corrected chi connectivity index (χ0v) is 8.26. The number of carbonyl (C=O) groups is 2. The van der Waals surface area contributed by atoms with Crippen molar-refractivity contribution in [1.29, 1.82) is 0 Å². The van der Waals surface area contributed by atoms with E-state index in [1.807, 2.05) is 25.7 Å². The van der Waals surface area contributed by atoms with E-state index in [0.29, 0.717) is 13.1 Å². The number of hydrogen-bond acceptors (Lipinski definition) is 3. The summed E-state index contributed by atoms with van der Waals surface area (Å²) in [4.78, 5) is 23.0. The number of aldehydes is 1. The molecule has 3 nitrogen and oxygen atoms in total. The van der Waals surface area contributed by atoms with E-state index >= 15 is 0 Å². The summed E-state index contributed by atoms with van der Waals surface area (Å²) in [5.41, 5.74) is -0.118. The quantitative estimate of drug-likeness (QED) is 0.589. The van der Waals surface area contributed by atoms with Crippen LogP contribution in [0.2, 0.25) is 0 Å². The first-order valence-electron chi connectivity index (χ1n) is 4.06. The molecule has 0 aliphatic carbocycles. The molecule has 12 heavy (non-hydrogen) atoms. The van der Waals surface area contributed by atoms with Crippen LogP contribution in [0.1, 0.15) is 27.7 Å². The van der Waals surface area contributed by atoms with Crippen molar-refractivity contribution in [2.24, 2.45) is 0 Å². The van der Waals surface area contributed by atoms with Gasteiger partial charge in [-0.3, -0.25) is 9.69 Å². The van der Waals surface area contributed by atoms with Crippen molar-refractivity contribution >= 4 is 12.1 Å². The smallest absolute Gasteiger partial charge is 0.143 e. The zero-order valence-electron chi connectivity index (χ0n) is 8.26. The molecule has 0 bridgehead atoms. The number of Topliss-reactive ketones (excluding diaryl/α,β-unsaturated/α-hetero) is 1. The third kappa shape index (κ3) is 4.23. The van der Waals surface area contributed by atoms with Crippen LogP contribution in [0, 0.1) is 0 Å². The maximum Gasteiger partial charge on any atom is 0.143 e. The van der Waals surface area contributed by atoms with Crippen LogP contribution in [0.3, 0.4) is 0 Å². The van der Waals surface area contributed by atoms with Crippen LogP contribution in [0.5, 0.6) is 0 Å². The molecular formula is C9H17NO2. The van der Waals surface area contributed by atoms with Gasteiger partial charge in [0.25, 0.3) is 0 Å². The molecule has 0 unspecified atom stereocenters. The Hall–Kier alpha value is -0.700. The van der Waals surface area contributed by atoms with Gasteiger partial charge in [0.15, 0.2) is 0 Å². The van der Waals surface area contributed by atoms with Crippen molar-refractivity contribution < 1.29 is 9.59 Å². The average molecular weight is 171 g/mol. The summed E-state index contributed by atoms with van der Waals surface area (Å²) in [6.07, 6.45) is 0.828. The second-order valence-corrected chi connectivity index (χ2v) is 3.92. The molecule has 0 aliphatic rings. The van der Waals surface area contributed by atoms with Gasteiger partial charge in [0.1, 0.15) is 12.1 Å². The van der Waals surface area contributed by atoms with E-state index in [0.717, 1.165) is 6.29 Å². The highest BCUT2D eigenvalue weighted by Gasteiger charge is 2.21. The minimum absolute atomic E-state index is 0.0896. The third-order valence-electron chi connectivity index (χ3n) is 1.66. The van der Waals surface area contributed by atoms with Crippen LogP contribution >= 0.6 is 0 Å². The summed E-state index contributed by atoms with van der Waals surface area (Å²) in [7, 11) is 0. The van der Waals surface area contributed by atoms with Crippen molar-refractivity contribution in [3.63, 3.8) is 0 Å². The van der Waals surface area contributed by atoms with E-state index < -0.39 is 0 Å². The van der Waals surface area contributed by atoms with Gasteiger partial charge in [0, 0.05) is 5.54 Å². The molecule has 0 aliphatic heterocycles. The molecular weight excluding hydrogens is 154 g/mol. The monoisotopic (exact) mass is 171 g/mol. The highest BCUT2D eigenvalue weighted by molar-refractivity contribution is 5.78. The van der Waals surface area contributed by atoms with Crippen molar-refractivity contribution in [1.82, 2.24) is 4.90 Å². The number of ketones is 1. The minimum atomic E-state index is -0.118. The lowest BCUT2D eigenvalue weighted by Crippen LogP contribution is -2.44. The summed E-state index contributed by atoms with van der Waals surface area (Å²) >= 11 is 0. The topological polar surface area (TPSA) is 37.4 Å². The Balaban J connectivity index is 4.22. The van der Waals surface area contributed by atoms with Crippen LogP contribution < -0.4 is 0 Å². The second kappa shape index (κ2) is 4.36. The Labute approximate surface area is 73.7 Å². The Bertz CT molecular complexity index is 170. The molecule has 70 valence electrons. The number of nitrogens with zero attached hydrogens (tertiary/aromatic N) is 1. The number of hydrogen-bond donors (Lipinski definition) is 0. The standard InChI is InChI=1S/C9H17NO2/c1-8(12)7-10(5-6-11)9(2,3)4/h6H,5,7H2,1-4H3. The molecule has 0 aromatic heterocycles. The second-order valence-electron chi connectivity index (χ2n) is 3.92. The van der Waals surface area contributed by atoms with Crippen LogP contribution in [0.4, 0.5) is 0 Å². The molecule has 0 saturated carbocycles. The lowest BCUT2D eigenvalue weighted by Gasteiger charge is -2.33. The van der Waals surface area contributed by atoms with Crippen LogP contribution in [-0.2, 0) is 9.59 Å². The molecule has 0 atom stereocenters. The molecule has 3 heteroatoms. The number of carbonyl (C=O) groups excluding carboxylic acids is 2. The molecule has 0 N–H and O–H groups in total. The first-order chi connectivity index (χ1) is 5.38. The third-order valence-corrected chi connectivity index (χ3v) is 1.66. The van der Waals surface area contributed by atoms with E-state index in [1.54, 1.807) is 0 Å². The van der Waals surface area contributed by atoms with E-state index in [-0.39, 0.29) is 11.3 Å². The molecule has 0 heterocycles. The largest absolute Gasteiger partial charge is 0.302 e. The Morgan fingerprint density at radius 1 is 1.42 bits per heavy atom. The van der Waals surface area contributed by atoms with Crippen LogP contribution in [0.25, 0.3) is 0 Å². The lowest BCUT2D eigenvalue weighted by atomic mass is 10.1. The summed E-state index contributed by atoms with van der Waals surface area (Å²) in [5, 5.41) is 0. The van der Waals surface area contributed by atoms with Gasteiger partial charge >= 0.3 is 0 Å². The molecule has 0 spiro atoms. The fourth-order valence-corrected chi connectivity index (χ4v) is 0.934. The first-order valence-corrected chi connectivity index (χ1v) is 4.06. The summed E-state index contributed by atoms with van der Waals surface area (Å²) in [5.74, 6) is 0.0896. The van der Waals surface area contributed by atoms with E-state index in [4.69, 9.17) is 0 Å². The van der Waals surface area contributed by atoms with Crippen molar-refractivity contribution in [2.75, 3.05) is 13.1 Å². The minimum Gasteiger partial charge on any atom is -0.302 e. The van der Waals surface area contributed by atoms with E-state index in [9.17, 15) is 9.59 Å². The fourth-order valence-electron chi connectivity index (χ4n) is 0.934. The van der Waals surface area contributed by atoms with Gasteiger partial charge in [-0.25, -0.2) is 0 Å². The first kappa shape index (κ1) is 11.3. The van der Waals surface area contributed by atoms with Gasteiger partial charge in [-0.1, -0.05) is 0 Å². The van der Waals surface area contributed by atoms with Gasteiger partial charge in [0.05, 0.1) is 13.1 Å². The van der Waals surface area contributed by atoms with Gasteiger partial charge in [-0.05, 0) is 27.7 Å². The Morgan fingerprint density at radius 3 is 2.17 bits per heavy atom. The van der Waals surface area contributed by atoms with E-state index in [2.05, 4.69) is 0 Å². The van der Waals surface area contributed by atoms with Gasteiger partial charge in [-0.2, -0.15) is 0 Å². The zero-order chi connectivity index (χ0) is 9.78. The average Bonchev–Trinajstić information content (AvgIpc) is 1.83. The number of rotatable bonds is 4. The summed E-state index contributed by atoms with van der Waals surface area (Å²) < 4.78 is 0. The predicted octanol–water partition coefficient (Wildman–Crippen LogP) is 0.875. The molecule has 0 aromatic carbocycles. The van der Waals surface area contributed by atoms with Crippen LogP contribution in [0.15, 0.2) is 0 Å². The Morgan fingerprint density at radius 2 is 1.92 bits per heavy atom. The Kier molecular flexibility index (Phi) is 4.10. The van der Waals surface area contributed by atoms with Crippen molar-refractivity contribution in [2.45, 2.75) is 33.2 Å². The molecule has 0 saturated heterocycles. The highest BCUT2D eigenvalue weighted by atomic mass is 16.1. The maximum absolute atomic E-state index is 10.8. The van der Waals surface area contributed by atoms with E-state index in [1.165, 1.54) is 6.92 Å².